The molecule has 0 radical (unpaired) electrons. The quantitative estimate of drug-likeness (QED) is 0.785. The fourth-order valence-corrected chi connectivity index (χ4v) is 2.13. The maximum atomic E-state index is 11.3. The van der Waals surface area contributed by atoms with Crippen LogP contribution in [-0.2, 0) is 19.1 Å². The van der Waals surface area contributed by atoms with Gasteiger partial charge in [0.1, 0.15) is 12.2 Å². The zero-order valence-electron chi connectivity index (χ0n) is 11.4. The number of hydrogen-bond acceptors (Lipinski definition) is 6. The molecule has 0 aromatic heterocycles. The molecule has 2 N–H and O–H groups in total. The maximum Gasteiger partial charge on any atom is 0.330 e. The lowest BCUT2D eigenvalue weighted by Gasteiger charge is -2.32. The summed E-state index contributed by atoms with van der Waals surface area (Å²) in [7, 11) is 0. The number of esters is 2. The topological polar surface area (TPSA) is 93.1 Å². The van der Waals surface area contributed by atoms with Crippen molar-refractivity contribution in [2.75, 3.05) is 0 Å². The summed E-state index contributed by atoms with van der Waals surface area (Å²) < 4.78 is 10.0. The molecule has 1 aliphatic heterocycles. The van der Waals surface area contributed by atoms with Gasteiger partial charge in [-0.2, -0.15) is 0 Å². The number of benzene rings is 1. The van der Waals surface area contributed by atoms with Gasteiger partial charge in [-0.05, 0) is 11.6 Å². The number of aliphatic hydroxyl groups excluding tert-OH is 2. The van der Waals surface area contributed by atoms with E-state index in [-0.39, 0.29) is 0 Å². The van der Waals surface area contributed by atoms with E-state index in [4.69, 9.17) is 9.47 Å². The minimum Gasteiger partial charge on any atom is -0.455 e. The summed E-state index contributed by atoms with van der Waals surface area (Å²) in [6.07, 6.45) is -2.48. The van der Waals surface area contributed by atoms with E-state index in [1.807, 2.05) is 0 Å². The second-order valence-corrected chi connectivity index (χ2v) is 4.68. The Balaban J connectivity index is 2.26. The first-order valence-corrected chi connectivity index (χ1v) is 6.46. The van der Waals surface area contributed by atoms with Crippen molar-refractivity contribution in [1.82, 2.24) is 0 Å². The third-order valence-corrected chi connectivity index (χ3v) is 3.09. The summed E-state index contributed by atoms with van der Waals surface area (Å²) in [5.41, 5.74) is 0.540. The number of hydrogen-bond donors (Lipinski definition) is 2. The smallest absolute Gasteiger partial charge is 0.330 e. The minimum atomic E-state index is -1.39. The molecule has 6 nitrogen and oxygen atoms in total. The lowest BCUT2D eigenvalue weighted by Crippen LogP contribution is -2.46. The maximum absolute atomic E-state index is 11.3. The summed E-state index contributed by atoms with van der Waals surface area (Å²) in [4.78, 5) is 22.5. The molecule has 2 rings (SSSR count). The van der Waals surface area contributed by atoms with Gasteiger partial charge in [0.25, 0.3) is 0 Å². The van der Waals surface area contributed by atoms with Gasteiger partial charge in [0.15, 0.2) is 12.2 Å². The van der Waals surface area contributed by atoms with Gasteiger partial charge in [-0.25, -0.2) is 4.79 Å². The van der Waals surface area contributed by atoms with Crippen molar-refractivity contribution in [2.24, 2.45) is 0 Å². The molecule has 112 valence electrons. The SMILES string of the molecule is CC(=O)OC(c1ccccc1)C(O)C1OC(=O)C=CC1O. The Morgan fingerprint density at radius 2 is 2.00 bits per heavy atom. The highest BCUT2D eigenvalue weighted by Crippen LogP contribution is 2.27. The number of rotatable bonds is 4. The second-order valence-electron chi connectivity index (χ2n) is 4.68. The lowest BCUT2D eigenvalue weighted by molar-refractivity contribution is -0.176. The van der Waals surface area contributed by atoms with Gasteiger partial charge in [0.2, 0.25) is 0 Å². The van der Waals surface area contributed by atoms with Gasteiger partial charge in [-0.15, -0.1) is 0 Å². The predicted octanol–water partition coefficient (Wildman–Crippen LogP) is 0.494. The number of carbonyl (C=O) groups is 2. The van der Waals surface area contributed by atoms with Gasteiger partial charge in [0, 0.05) is 13.0 Å². The van der Waals surface area contributed by atoms with Crippen LogP contribution >= 0.6 is 0 Å². The Kier molecular flexibility index (Phi) is 4.72. The highest BCUT2D eigenvalue weighted by molar-refractivity contribution is 5.83. The van der Waals surface area contributed by atoms with E-state index in [0.29, 0.717) is 5.56 Å². The largest absolute Gasteiger partial charge is 0.455 e. The van der Waals surface area contributed by atoms with Crippen LogP contribution in [0.15, 0.2) is 42.5 Å². The van der Waals surface area contributed by atoms with Crippen LogP contribution in [0.1, 0.15) is 18.6 Å². The van der Waals surface area contributed by atoms with Crippen LogP contribution in [0.25, 0.3) is 0 Å². The van der Waals surface area contributed by atoms with Crippen molar-refractivity contribution >= 4 is 11.9 Å². The molecule has 1 aromatic carbocycles. The van der Waals surface area contributed by atoms with E-state index in [1.54, 1.807) is 30.3 Å². The van der Waals surface area contributed by atoms with Crippen molar-refractivity contribution in [3.8, 4) is 0 Å². The molecular formula is C15H16O6. The molecule has 0 aliphatic carbocycles. The molecule has 1 heterocycles. The van der Waals surface area contributed by atoms with Crippen LogP contribution in [0.3, 0.4) is 0 Å². The summed E-state index contributed by atoms with van der Waals surface area (Å²) in [6, 6.07) is 8.57. The fraction of sp³-hybridized carbons (Fsp3) is 0.333. The Morgan fingerprint density at radius 1 is 1.33 bits per heavy atom. The zero-order valence-corrected chi connectivity index (χ0v) is 11.4. The number of ether oxygens (including phenoxy) is 2. The molecule has 0 spiro atoms. The van der Waals surface area contributed by atoms with E-state index in [2.05, 4.69) is 0 Å². The molecule has 0 saturated carbocycles. The average Bonchev–Trinajstić information content (AvgIpc) is 2.47. The van der Waals surface area contributed by atoms with Gasteiger partial charge < -0.3 is 19.7 Å². The Morgan fingerprint density at radius 3 is 2.62 bits per heavy atom. The average molecular weight is 292 g/mol. The van der Waals surface area contributed by atoms with E-state index < -0.39 is 36.4 Å². The van der Waals surface area contributed by atoms with Crippen molar-refractivity contribution in [3.05, 3.63) is 48.0 Å². The van der Waals surface area contributed by atoms with Crippen LogP contribution in [0.5, 0.6) is 0 Å². The Bertz CT molecular complexity index is 538. The van der Waals surface area contributed by atoms with Crippen LogP contribution in [-0.4, -0.2) is 40.5 Å². The van der Waals surface area contributed by atoms with E-state index in [9.17, 15) is 19.8 Å². The van der Waals surface area contributed by atoms with Crippen molar-refractivity contribution in [3.63, 3.8) is 0 Å². The van der Waals surface area contributed by atoms with Crippen LogP contribution in [0, 0.1) is 0 Å². The van der Waals surface area contributed by atoms with Gasteiger partial charge >= 0.3 is 11.9 Å². The number of aliphatic hydroxyl groups is 2. The third kappa shape index (κ3) is 3.68. The molecule has 4 unspecified atom stereocenters. The molecule has 4 atom stereocenters. The first-order valence-electron chi connectivity index (χ1n) is 6.46. The summed E-state index contributed by atoms with van der Waals surface area (Å²) in [6.45, 7) is 1.21. The van der Waals surface area contributed by atoms with E-state index >= 15 is 0 Å². The van der Waals surface area contributed by atoms with Crippen molar-refractivity contribution < 1.29 is 29.3 Å². The number of cyclic esters (lactones) is 1. The predicted molar refractivity (Wildman–Crippen MR) is 72.0 cm³/mol. The van der Waals surface area contributed by atoms with E-state index in [1.165, 1.54) is 13.0 Å². The molecule has 6 heteroatoms. The molecule has 0 bridgehead atoms. The van der Waals surface area contributed by atoms with Crippen molar-refractivity contribution in [1.29, 1.82) is 0 Å². The molecule has 0 fully saturated rings. The summed E-state index contributed by atoms with van der Waals surface area (Å²) >= 11 is 0. The van der Waals surface area contributed by atoms with E-state index in [0.717, 1.165) is 6.08 Å². The van der Waals surface area contributed by atoms with Crippen LogP contribution in [0.4, 0.5) is 0 Å². The normalized spacial score (nSPS) is 24.0. The lowest BCUT2D eigenvalue weighted by atomic mass is 9.96. The molecule has 1 aliphatic rings. The highest BCUT2D eigenvalue weighted by Gasteiger charge is 2.38. The van der Waals surface area contributed by atoms with Crippen LogP contribution < -0.4 is 0 Å². The molecule has 1 aromatic rings. The zero-order chi connectivity index (χ0) is 15.4. The molecule has 0 saturated heterocycles. The van der Waals surface area contributed by atoms with Crippen molar-refractivity contribution in [2.45, 2.75) is 31.3 Å². The molecule has 0 amide bonds. The van der Waals surface area contributed by atoms with Gasteiger partial charge in [-0.3, -0.25) is 4.79 Å². The fourth-order valence-electron chi connectivity index (χ4n) is 2.13. The molecular weight excluding hydrogens is 276 g/mol. The highest BCUT2D eigenvalue weighted by atomic mass is 16.6. The van der Waals surface area contributed by atoms with Crippen LogP contribution in [0.2, 0.25) is 0 Å². The van der Waals surface area contributed by atoms with Gasteiger partial charge in [-0.1, -0.05) is 30.3 Å². The monoisotopic (exact) mass is 292 g/mol. The first kappa shape index (κ1) is 15.2. The standard InChI is InChI=1S/C15H16O6/c1-9(16)20-14(10-5-3-2-4-6-10)13(19)15-11(17)7-8-12(18)21-15/h2-8,11,13-15,17,19H,1H3. The first-order chi connectivity index (χ1) is 9.99. The summed E-state index contributed by atoms with van der Waals surface area (Å²) in [5.74, 6) is -1.26. The second kappa shape index (κ2) is 6.51. The molecule has 21 heavy (non-hydrogen) atoms. The van der Waals surface area contributed by atoms with Gasteiger partial charge in [0.05, 0.1) is 0 Å². The summed E-state index contributed by atoms with van der Waals surface area (Å²) in [5, 5.41) is 20.2. The third-order valence-electron chi connectivity index (χ3n) is 3.09. The Labute approximate surface area is 121 Å². The Hall–Kier alpha value is -2.18. The number of carbonyl (C=O) groups excluding carboxylic acids is 2. The minimum absolute atomic E-state index is 0.540.